The largest absolute Gasteiger partial charge is 0.493 e. The lowest BCUT2D eigenvalue weighted by molar-refractivity contribution is 0.284. The molecule has 1 atom stereocenters. The Balaban J connectivity index is 1.69. The molecule has 2 N–H and O–H groups in total. The van der Waals surface area contributed by atoms with Gasteiger partial charge >= 0.3 is 0 Å². The summed E-state index contributed by atoms with van der Waals surface area (Å²) in [5, 5.41) is 0. The molecule has 0 aliphatic heterocycles. The Kier molecular flexibility index (Phi) is 5.65. The maximum absolute atomic E-state index is 6.28. The summed E-state index contributed by atoms with van der Waals surface area (Å²) in [5.41, 5.74) is 9.51. The van der Waals surface area contributed by atoms with Crippen LogP contribution in [0.1, 0.15) is 22.7 Å². The molecule has 0 bridgehead atoms. The monoisotopic (exact) mass is 334 g/mol. The second-order valence-electron chi connectivity index (χ2n) is 5.86. The number of hydrogen-bond donors (Lipinski definition) is 1. The van der Waals surface area contributed by atoms with Crippen molar-refractivity contribution in [1.82, 2.24) is 4.98 Å². The van der Waals surface area contributed by atoms with Crippen molar-refractivity contribution in [2.45, 2.75) is 19.1 Å². The molecule has 0 radical (unpaired) electrons. The summed E-state index contributed by atoms with van der Waals surface area (Å²) >= 11 is 0. The van der Waals surface area contributed by atoms with Gasteiger partial charge < -0.3 is 15.2 Å². The van der Waals surface area contributed by atoms with E-state index in [0.29, 0.717) is 18.8 Å². The number of benzene rings is 2. The molecule has 3 rings (SSSR count). The molecule has 4 heteroatoms. The molecule has 128 valence electrons. The summed E-state index contributed by atoms with van der Waals surface area (Å²) in [4.78, 5) is 4.12. The molecule has 1 unspecified atom stereocenters. The predicted octanol–water partition coefficient (Wildman–Crippen LogP) is 3.91. The first-order chi connectivity index (χ1) is 12.3. The molecule has 0 fully saturated rings. The molecule has 0 amide bonds. The fraction of sp³-hybridized carbons (Fsp3) is 0.190. The van der Waals surface area contributed by atoms with Crippen molar-refractivity contribution < 1.29 is 9.47 Å². The minimum atomic E-state index is -0.102. The van der Waals surface area contributed by atoms with E-state index in [4.69, 9.17) is 15.2 Å². The number of hydrogen-bond acceptors (Lipinski definition) is 4. The van der Waals surface area contributed by atoms with Crippen molar-refractivity contribution in [2.24, 2.45) is 5.73 Å². The van der Waals surface area contributed by atoms with Gasteiger partial charge in [0.2, 0.25) is 0 Å². The quantitative estimate of drug-likeness (QED) is 0.712. The smallest absolute Gasteiger partial charge is 0.161 e. The molecule has 1 aromatic heterocycles. The van der Waals surface area contributed by atoms with Gasteiger partial charge in [0.1, 0.15) is 6.61 Å². The van der Waals surface area contributed by atoms with Gasteiger partial charge in [-0.2, -0.15) is 0 Å². The van der Waals surface area contributed by atoms with E-state index in [1.165, 1.54) is 0 Å². The van der Waals surface area contributed by atoms with Gasteiger partial charge in [-0.25, -0.2) is 0 Å². The third kappa shape index (κ3) is 4.58. The van der Waals surface area contributed by atoms with E-state index in [-0.39, 0.29) is 6.04 Å². The summed E-state index contributed by atoms with van der Waals surface area (Å²) in [7, 11) is 1.65. The van der Waals surface area contributed by atoms with Crippen molar-refractivity contribution in [3.63, 3.8) is 0 Å². The summed E-state index contributed by atoms with van der Waals surface area (Å²) in [6, 6.07) is 19.8. The molecule has 2 aromatic carbocycles. The summed E-state index contributed by atoms with van der Waals surface area (Å²) in [6.45, 7) is 0.506. The lowest BCUT2D eigenvalue weighted by Gasteiger charge is -2.15. The molecule has 4 nitrogen and oxygen atoms in total. The molecule has 0 aliphatic carbocycles. The molecule has 25 heavy (non-hydrogen) atoms. The number of aromatic nitrogens is 1. The number of ether oxygens (including phenoxy) is 2. The highest BCUT2D eigenvalue weighted by Gasteiger charge is 2.11. The van der Waals surface area contributed by atoms with Crippen molar-refractivity contribution in [1.29, 1.82) is 0 Å². The Morgan fingerprint density at radius 2 is 1.80 bits per heavy atom. The van der Waals surface area contributed by atoms with E-state index in [0.717, 1.165) is 22.4 Å². The number of rotatable bonds is 7. The number of pyridine rings is 1. The minimum Gasteiger partial charge on any atom is -0.493 e. The maximum atomic E-state index is 6.28. The Morgan fingerprint density at radius 3 is 2.52 bits per heavy atom. The van der Waals surface area contributed by atoms with Crippen LogP contribution in [0.15, 0.2) is 73.1 Å². The van der Waals surface area contributed by atoms with E-state index in [2.05, 4.69) is 4.98 Å². The van der Waals surface area contributed by atoms with E-state index >= 15 is 0 Å². The lowest BCUT2D eigenvalue weighted by Crippen LogP contribution is -2.13. The third-order valence-electron chi connectivity index (χ3n) is 4.03. The van der Waals surface area contributed by atoms with Crippen LogP contribution in [-0.4, -0.2) is 12.1 Å². The zero-order valence-electron chi connectivity index (χ0n) is 14.3. The second-order valence-corrected chi connectivity index (χ2v) is 5.86. The molecule has 0 aliphatic rings. The fourth-order valence-corrected chi connectivity index (χ4v) is 2.66. The molecular weight excluding hydrogens is 312 g/mol. The highest BCUT2D eigenvalue weighted by atomic mass is 16.5. The Hall–Kier alpha value is -2.85. The minimum absolute atomic E-state index is 0.102. The molecule has 0 spiro atoms. The standard InChI is InChI=1S/C21H22N2O2/c1-24-21-13-17(12-19(22)18-8-5-11-23-14-18)9-10-20(21)25-15-16-6-3-2-4-7-16/h2-11,13-14,19H,12,15,22H2,1H3. The summed E-state index contributed by atoms with van der Waals surface area (Å²) in [6.07, 6.45) is 4.26. The molecule has 1 heterocycles. The first-order valence-electron chi connectivity index (χ1n) is 8.25. The van der Waals surface area contributed by atoms with Crippen LogP contribution in [0.2, 0.25) is 0 Å². The van der Waals surface area contributed by atoms with Crippen LogP contribution in [0.5, 0.6) is 11.5 Å². The van der Waals surface area contributed by atoms with Crippen LogP contribution in [0.4, 0.5) is 0 Å². The van der Waals surface area contributed by atoms with Crippen molar-refractivity contribution in [3.8, 4) is 11.5 Å². The van der Waals surface area contributed by atoms with Crippen molar-refractivity contribution in [2.75, 3.05) is 7.11 Å². The number of methoxy groups -OCH3 is 1. The van der Waals surface area contributed by atoms with Crippen molar-refractivity contribution in [3.05, 3.63) is 89.7 Å². The van der Waals surface area contributed by atoms with Crippen LogP contribution in [0, 0.1) is 0 Å². The Bertz CT molecular complexity index is 792. The first-order valence-corrected chi connectivity index (χ1v) is 8.25. The Morgan fingerprint density at radius 1 is 0.960 bits per heavy atom. The van der Waals surface area contributed by atoms with Gasteiger partial charge in [0, 0.05) is 18.4 Å². The first kappa shape index (κ1) is 17.0. The fourth-order valence-electron chi connectivity index (χ4n) is 2.66. The van der Waals surface area contributed by atoms with Gasteiger partial charge in [-0.1, -0.05) is 42.5 Å². The van der Waals surface area contributed by atoms with E-state index in [1.54, 1.807) is 19.5 Å². The van der Waals surface area contributed by atoms with Crippen LogP contribution in [0.3, 0.4) is 0 Å². The maximum Gasteiger partial charge on any atom is 0.161 e. The average molecular weight is 334 g/mol. The van der Waals surface area contributed by atoms with Gasteiger partial charge in [0.25, 0.3) is 0 Å². The predicted molar refractivity (Wildman–Crippen MR) is 98.6 cm³/mol. The highest BCUT2D eigenvalue weighted by Crippen LogP contribution is 2.30. The van der Waals surface area contributed by atoms with Gasteiger partial charge in [-0.3, -0.25) is 4.98 Å². The molecular formula is C21H22N2O2. The highest BCUT2D eigenvalue weighted by molar-refractivity contribution is 5.43. The third-order valence-corrected chi connectivity index (χ3v) is 4.03. The van der Waals surface area contributed by atoms with Crippen LogP contribution < -0.4 is 15.2 Å². The summed E-state index contributed by atoms with van der Waals surface area (Å²) in [5.74, 6) is 1.44. The van der Waals surface area contributed by atoms with Gasteiger partial charge in [-0.15, -0.1) is 0 Å². The molecule has 0 saturated heterocycles. The second kappa shape index (κ2) is 8.31. The molecule has 0 saturated carbocycles. The van der Waals surface area contributed by atoms with Crippen LogP contribution >= 0.6 is 0 Å². The topological polar surface area (TPSA) is 57.4 Å². The van der Waals surface area contributed by atoms with Crippen LogP contribution in [-0.2, 0) is 13.0 Å². The Labute approximate surface area is 148 Å². The van der Waals surface area contributed by atoms with E-state index < -0.39 is 0 Å². The van der Waals surface area contributed by atoms with E-state index in [9.17, 15) is 0 Å². The van der Waals surface area contributed by atoms with Crippen molar-refractivity contribution >= 4 is 0 Å². The van der Waals surface area contributed by atoms with Gasteiger partial charge in [-0.05, 0) is 41.3 Å². The zero-order chi connectivity index (χ0) is 17.5. The normalized spacial score (nSPS) is 11.8. The lowest BCUT2D eigenvalue weighted by atomic mass is 10.0. The SMILES string of the molecule is COc1cc(CC(N)c2cccnc2)ccc1OCc1ccccc1. The summed E-state index contributed by atoms with van der Waals surface area (Å²) < 4.78 is 11.4. The number of nitrogens with zero attached hydrogens (tertiary/aromatic N) is 1. The van der Waals surface area contributed by atoms with Gasteiger partial charge in [0.15, 0.2) is 11.5 Å². The average Bonchev–Trinajstić information content (AvgIpc) is 2.68. The zero-order valence-corrected chi connectivity index (χ0v) is 14.3. The van der Waals surface area contributed by atoms with E-state index in [1.807, 2.05) is 60.7 Å². The van der Waals surface area contributed by atoms with Gasteiger partial charge in [0.05, 0.1) is 7.11 Å². The molecule has 3 aromatic rings. The van der Waals surface area contributed by atoms with Crippen LogP contribution in [0.25, 0.3) is 0 Å². The number of nitrogens with two attached hydrogens (primary N) is 1.